The van der Waals surface area contributed by atoms with Crippen molar-refractivity contribution in [3.8, 4) is 0 Å². The fourth-order valence-corrected chi connectivity index (χ4v) is 2.86. The summed E-state index contributed by atoms with van der Waals surface area (Å²) in [7, 11) is 1.76. The second kappa shape index (κ2) is 8.18. The Bertz CT molecular complexity index is 960. The van der Waals surface area contributed by atoms with Gasteiger partial charge in [0.1, 0.15) is 17.3 Å². The fraction of sp³-hybridized carbons (Fsp3) is 0.190. The van der Waals surface area contributed by atoms with Crippen LogP contribution in [0.4, 0.5) is 11.5 Å². The summed E-state index contributed by atoms with van der Waals surface area (Å²) >= 11 is 6.18. The van der Waals surface area contributed by atoms with Gasteiger partial charge in [-0.25, -0.2) is 9.97 Å². The van der Waals surface area contributed by atoms with Crippen LogP contribution >= 0.6 is 11.6 Å². The highest BCUT2D eigenvalue weighted by molar-refractivity contribution is 6.31. The molecule has 0 aliphatic carbocycles. The molecule has 0 aliphatic rings. The van der Waals surface area contributed by atoms with E-state index < -0.39 is 0 Å². The van der Waals surface area contributed by atoms with Crippen LogP contribution in [0.3, 0.4) is 0 Å². The van der Waals surface area contributed by atoms with Gasteiger partial charge < -0.3 is 10.2 Å². The predicted octanol–water partition coefficient (Wildman–Crippen LogP) is 4.76. The topological polar surface area (TPSA) is 58.1 Å². The first-order valence-electron chi connectivity index (χ1n) is 8.60. The molecule has 0 aliphatic heterocycles. The predicted molar refractivity (Wildman–Crippen MR) is 108 cm³/mol. The van der Waals surface area contributed by atoms with Gasteiger partial charge in [0.25, 0.3) is 5.91 Å². The zero-order valence-electron chi connectivity index (χ0n) is 15.5. The summed E-state index contributed by atoms with van der Waals surface area (Å²) in [6.07, 6.45) is 0. The van der Waals surface area contributed by atoms with Crippen LogP contribution in [0.1, 0.15) is 27.4 Å². The van der Waals surface area contributed by atoms with Crippen molar-refractivity contribution in [1.82, 2.24) is 14.9 Å². The van der Waals surface area contributed by atoms with Crippen molar-refractivity contribution in [2.75, 3.05) is 12.4 Å². The van der Waals surface area contributed by atoms with E-state index in [1.807, 2.05) is 55.5 Å². The van der Waals surface area contributed by atoms with Crippen LogP contribution in [0.25, 0.3) is 0 Å². The Hall–Kier alpha value is -2.92. The normalized spacial score (nSPS) is 10.5. The highest BCUT2D eigenvalue weighted by Gasteiger charge is 2.16. The van der Waals surface area contributed by atoms with Gasteiger partial charge in [-0.1, -0.05) is 48.0 Å². The number of nitrogens with one attached hydrogen (secondary N) is 1. The number of benzene rings is 2. The van der Waals surface area contributed by atoms with Gasteiger partial charge in [0, 0.05) is 30.4 Å². The van der Waals surface area contributed by atoms with Crippen LogP contribution in [0.15, 0.2) is 54.6 Å². The minimum atomic E-state index is -0.158. The van der Waals surface area contributed by atoms with Gasteiger partial charge in [-0.2, -0.15) is 0 Å². The Labute approximate surface area is 164 Å². The molecule has 1 heterocycles. The maximum Gasteiger partial charge on any atom is 0.272 e. The molecule has 0 bridgehead atoms. The zero-order valence-corrected chi connectivity index (χ0v) is 16.3. The van der Waals surface area contributed by atoms with Gasteiger partial charge >= 0.3 is 0 Å². The van der Waals surface area contributed by atoms with Gasteiger partial charge in [-0.15, -0.1) is 0 Å². The number of hydrogen-bond donors (Lipinski definition) is 1. The van der Waals surface area contributed by atoms with E-state index in [9.17, 15) is 4.79 Å². The standard InChI is InChI=1S/C21H21ClN4O/c1-14-9-10-17(11-18(14)22)25-20-12-19(23-15(2)24-20)21(27)26(3)13-16-7-5-4-6-8-16/h4-12H,13H2,1-3H3,(H,23,24,25). The summed E-state index contributed by atoms with van der Waals surface area (Å²) < 4.78 is 0. The number of nitrogens with zero attached hydrogens (tertiary/aromatic N) is 3. The third-order valence-electron chi connectivity index (χ3n) is 4.11. The average Bonchev–Trinajstić information content (AvgIpc) is 2.64. The number of aromatic nitrogens is 2. The maximum atomic E-state index is 12.8. The molecule has 0 spiro atoms. The smallest absolute Gasteiger partial charge is 0.272 e. The second-order valence-corrected chi connectivity index (χ2v) is 6.83. The van der Waals surface area contributed by atoms with Crippen molar-refractivity contribution in [1.29, 1.82) is 0 Å². The van der Waals surface area contributed by atoms with E-state index >= 15 is 0 Å². The lowest BCUT2D eigenvalue weighted by atomic mass is 10.2. The lowest BCUT2D eigenvalue weighted by Crippen LogP contribution is -2.27. The fourth-order valence-electron chi connectivity index (χ4n) is 2.68. The van der Waals surface area contributed by atoms with E-state index in [-0.39, 0.29) is 5.91 Å². The van der Waals surface area contributed by atoms with E-state index in [1.54, 1.807) is 24.9 Å². The molecule has 1 amide bonds. The molecule has 0 saturated carbocycles. The lowest BCUT2D eigenvalue weighted by molar-refractivity contribution is 0.0779. The molecule has 138 valence electrons. The van der Waals surface area contributed by atoms with Crippen LogP contribution in [0.5, 0.6) is 0 Å². The average molecular weight is 381 g/mol. The monoisotopic (exact) mass is 380 g/mol. The minimum absolute atomic E-state index is 0.158. The Kier molecular flexibility index (Phi) is 5.72. The molecule has 6 heteroatoms. The molecule has 1 N–H and O–H groups in total. The molecule has 0 radical (unpaired) electrons. The van der Waals surface area contributed by atoms with Gasteiger partial charge in [0.2, 0.25) is 0 Å². The van der Waals surface area contributed by atoms with Crippen LogP contribution < -0.4 is 5.32 Å². The molecule has 0 atom stereocenters. The highest BCUT2D eigenvalue weighted by atomic mass is 35.5. The van der Waals surface area contributed by atoms with Gasteiger partial charge in [-0.05, 0) is 37.1 Å². The Morgan fingerprint density at radius 2 is 1.81 bits per heavy atom. The third-order valence-corrected chi connectivity index (χ3v) is 4.52. The van der Waals surface area contributed by atoms with Crippen molar-refractivity contribution >= 4 is 29.0 Å². The van der Waals surface area contributed by atoms with Crippen LogP contribution in [-0.2, 0) is 6.54 Å². The van der Waals surface area contributed by atoms with E-state index in [2.05, 4.69) is 15.3 Å². The van der Waals surface area contributed by atoms with Crippen LogP contribution in [-0.4, -0.2) is 27.8 Å². The number of carbonyl (C=O) groups excluding carboxylic acids is 1. The van der Waals surface area contributed by atoms with E-state index in [1.165, 1.54) is 0 Å². The molecule has 3 aromatic rings. The molecule has 5 nitrogen and oxygen atoms in total. The number of anilines is 2. The Morgan fingerprint density at radius 3 is 2.52 bits per heavy atom. The van der Waals surface area contributed by atoms with Crippen LogP contribution in [0.2, 0.25) is 5.02 Å². The quantitative estimate of drug-likeness (QED) is 0.693. The van der Waals surface area contributed by atoms with Gasteiger partial charge in [0.15, 0.2) is 0 Å². The van der Waals surface area contributed by atoms with Gasteiger partial charge in [-0.3, -0.25) is 4.79 Å². The molecule has 27 heavy (non-hydrogen) atoms. The molecule has 0 unspecified atom stereocenters. The largest absolute Gasteiger partial charge is 0.340 e. The summed E-state index contributed by atoms with van der Waals surface area (Å²) in [6, 6.07) is 17.2. The SMILES string of the molecule is Cc1nc(Nc2ccc(C)c(Cl)c2)cc(C(=O)N(C)Cc2ccccc2)n1. The number of hydrogen-bond acceptors (Lipinski definition) is 4. The Balaban J connectivity index is 1.79. The summed E-state index contributed by atoms with van der Waals surface area (Å²) in [4.78, 5) is 23.1. The summed E-state index contributed by atoms with van der Waals surface area (Å²) in [6.45, 7) is 4.22. The molecule has 1 aromatic heterocycles. The van der Waals surface area contributed by atoms with E-state index in [0.29, 0.717) is 28.9 Å². The van der Waals surface area contributed by atoms with Crippen molar-refractivity contribution in [2.45, 2.75) is 20.4 Å². The van der Waals surface area contributed by atoms with E-state index in [4.69, 9.17) is 11.6 Å². The van der Waals surface area contributed by atoms with Crippen molar-refractivity contribution < 1.29 is 4.79 Å². The molecular formula is C21H21ClN4O. The summed E-state index contributed by atoms with van der Waals surface area (Å²) in [5, 5.41) is 3.86. The number of aryl methyl sites for hydroxylation is 2. The number of carbonyl (C=O) groups is 1. The number of rotatable bonds is 5. The van der Waals surface area contributed by atoms with Crippen LogP contribution in [0, 0.1) is 13.8 Å². The second-order valence-electron chi connectivity index (χ2n) is 6.42. The minimum Gasteiger partial charge on any atom is -0.340 e. The number of amides is 1. The number of halogens is 1. The highest BCUT2D eigenvalue weighted by Crippen LogP contribution is 2.23. The zero-order chi connectivity index (χ0) is 19.4. The molecule has 0 fully saturated rings. The van der Waals surface area contributed by atoms with Crippen molar-refractivity contribution in [3.63, 3.8) is 0 Å². The molecule has 0 saturated heterocycles. The first-order chi connectivity index (χ1) is 12.9. The molecule has 3 rings (SSSR count). The molecule has 2 aromatic carbocycles. The first kappa shape index (κ1) is 18.9. The first-order valence-corrected chi connectivity index (χ1v) is 8.98. The summed E-state index contributed by atoms with van der Waals surface area (Å²) in [5.41, 5.74) is 3.22. The summed E-state index contributed by atoms with van der Waals surface area (Å²) in [5.74, 6) is 0.919. The Morgan fingerprint density at radius 1 is 1.07 bits per heavy atom. The third kappa shape index (κ3) is 4.83. The molecular weight excluding hydrogens is 360 g/mol. The van der Waals surface area contributed by atoms with Gasteiger partial charge in [0.05, 0.1) is 0 Å². The lowest BCUT2D eigenvalue weighted by Gasteiger charge is -2.17. The van der Waals surface area contributed by atoms with Crippen molar-refractivity contribution in [2.24, 2.45) is 0 Å². The maximum absolute atomic E-state index is 12.8. The van der Waals surface area contributed by atoms with Crippen molar-refractivity contribution in [3.05, 3.63) is 82.3 Å². The van der Waals surface area contributed by atoms with E-state index in [0.717, 1.165) is 16.8 Å².